The van der Waals surface area contributed by atoms with Crippen LogP contribution in [0.1, 0.15) is 16.7 Å². The molecule has 3 heterocycles. The van der Waals surface area contributed by atoms with Gasteiger partial charge in [-0.3, -0.25) is 0 Å². The lowest BCUT2D eigenvalue weighted by Crippen LogP contribution is -2.41. The molecule has 288 valence electrons. The maximum atomic E-state index is 5.61. The van der Waals surface area contributed by atoms with Crippen LogP contribution in [0.5, 0.6) is 0 Å². The second-order valence-electron chi connectivity index (χ2n) is 15.3. The summed E-state index contributed by atoms with van der Waals surface area (Å²) < 4.78 is 2.36. The molecular formula is C56H39N5. The summed E-state index contributed by atoms with van der Waals surface area (Å²) in [6.07, 6.45) is 4.08. The van der Waals surface area contributed by atoms with E-state index in [4.69, 9.17) is 15.0 Å². The molecule has 0 amide bonds. The number of hydrogen-bond acceptors (Lipinski definition) is 4. The molecule has 1 aliphatic rings. The molecule has 2 aromatic heterocycles. The van der Waals surface area contributed by atoms with Gasteiger partial charge in [-0.2, -0.15) is 0 Å². The first-order valence-corrected chi connectivity index (χ1v) is 20.6. The van der Waals surface area contributed by atoms with Gasteiger partial charge in [0.2, 0.25) is 0 Å². The van der Waals surface area contributed by atoms with Crippen LogP contribution >= 0.6 is 0 Å². The van der Waals surface area contributed by atoms with E-state index in [1.54, 1.807) is 0 Å². The first-order valence-electron chi connectivity index (χ1n) is 20.6. The summed E-state index contributed by atoms with van der Waals surface area (Å²) in [4.78, 5) is 16.0. The first kappa shape index (κ1) is 36.0. The minimum atomic E-state index is -0.952. The van der Waals surface area contributed by atoms with Crippen LogP contribution in [0.2, 0.25) is 0 Å². The number of allylic oxidation sites excluding steroid dienone is 1. The van der Waals surface area contributed by atoms with Crippen molar-refractivity contribution in [2.45, 2.75) is 5.66 Å². The number of nitrogens with zero attached hydrogens (tertiary/aromatic N) is 4. The van der Waals surface area contributed by atoms with Gasteiger partial charge in [-0.25, -0.2) is 15.0 Å². The van der Waals surface area contributed by atoms with Crippen LogP contribution in [-0.4, -0.2) is 20.2 Å². The van der Waals surface area contributed by atoms with Crippen LogP contribution in [0.3, 0.4) is 0 Å². The highest BCUT2D eigenvalue weighted by Crippen LogP contribution is 2.40. The average molecular weight is 782 g/mol. The number of hydrogen-bond donors (Lipinski definition) is 1. The molecule has 1 unspecified atom stereocenters. The van der Waals surface area contributed by atoms with E-state index in [1.165, 1.54) is 21.8 Å². The molecule has 0 fully saturated rings. The lowest BCUT2D eigenvalue weighted by Gasteiger charge is -2.35. The Morgan fingerprint density at radius 1 is 0.393 bits per heavy atom. The average Bonchev–Trinajstić information content (AvgIpc) is 3.69. The van der Waals surface area contributed by atoms with Crippen LogP contribution < -0.4 is 5.32 Å². The Morgan fingerprint density at radius 2 is 0.918 bits per heavy atom. The van der Waals surface area contributed by atoms with Gasteiger partial charge >= 0.3 is 0 Å². The van der Waals surface area contributed by atoms with Gasteiger partial charge in [-0.05, 0) is 71.3 Å². The van der Waals surface area contributed by atoms with Gasteiger partial charge in [0.1, 0.15) is 0 Å². The van der Waals surface area contributed by atoms with E-state index in [2.05, 4.69) is 204 Å². The second-order valence-corrected chi connectivity index (χ2v) is 15.3. The maximum Gasteiger partial charge on any atom is 0.182 e. The number of nitrogens with one attached hydrogen (secondary N) is 1. The number of fused-ring (bicyclic) bond motifs is 3. The highest BCUT2D eigenvalue weighted by atomic mass is 15.2. The Morgan fingerprint density at radius 3 is 1.56 bits per heavy atom. The zero-order chi connectivity index (χ0) is 40.6. The number of aromatic nitrogens is 3. The normalized spacial score (nSPS) is 14.8. The Kier molecular flexibility index (Phi) is 8.98. The molecule has 0 saturated heterocycles. The number of benzene rings is 8. The summed E-state index contributed by atoms with van der Waals surface area (Å²) in [7, 11) is 0. The highest BCUT2D eigenvalue weighted by Gasteiger charge is 2.36. The molecule has 8 aromatic carbocycles. The monoisotopic (exact) mass is 781 g/mol. The summed E-state index contributed by atoms with van der Waals surface area (Å²) >= 11 is 0. The molecule has 11 rings (SSSR count). The van der Waals surface area contributed by atoms with Crippen molar-refractivity contribution in [2.24, 2.45) is 4.99 Å². The number of para-hydroxylation sites is 2. The molecule has 0 spiro atoms. The predicted molar refractivity (Wildman–Crippen MR) is 251 cm³/mol. The van der Waals surface area contributed by atoms with Gasteiger partial charge in [0.05, 0.1) is 28.1 Å². The molecule has 5 heteroatoms. The lowest BCUT2D eigenvalue weighted by molar-refractivity contribution is 0.478. The zero-order valence-electron chi connectivity index (χ0n) is 33.2. The Hall–Kier alpha value is -8.15. The third-order valence-electron chi connectivity index (χ3n) is 11.6. The Balaban J connectivity index is 1.14. The van der Waals surface area contributed by atoms with Gasteiger partial charge < -0.3 is 9.88 Å². The van der Waals surface area contributed by atoms with Crippen LogP contribution in [0, 0.1) is 0 Å². The zero-order valence-corrected chi connectivity index (χ0v) is 33.2. The maximum absolute atomic E-state index is 5.61. The van der Waals surface area contributed by atoms with Crippen LogP contribution in [-0.2, 0) is 5.66 Å². The molecule has 0 aliphatic carbocycles. The quantitative estimate of drug-likeness (QED) is 0.167. The van der Waals surface area contributed by atoms with Gasteiger partial charge in [0.15, 0.2) is 11.5 Å². The summed E-state index contributed by atoms with van der Waals surface area (Å²) in [5, 5.41) is 6.24. The molecule has 61 heavy (non-hydrogen) atoms. The number of rotatable bonds is 8. The van der Waals surface area contributed by atoms with Crippen LogP contribution in [0.15, 0.2) is 236 Å². The van der Waals surface area contributed by atoms with Crippen molar-refractivity contribution in [2.75, 3.05) is 0 Å². The van der Waals surface area contributed by atoms with E-state index in [-0.39, 0.29) is 0 Å². The fraction of sp³-hybridized carbons (Fsp3) is 0.0179. The largest absolute Gasteiger partial charge is 0.360 e. The Labute approximate surface area is 354 Å². The summed E-state index contributed by atoms with van der Waals surface area (Å²) in [6.45, 7) is 0. The highest BCUT2D eigenvalue weighted by molar-refractivity contribution is 6.10. The van der Waals surface area contributed by atoms with Crippen molar-refractivity contribution in [1.82, 2.24) is 19.9 Å². The summed E-state index contributed by atoms with van der Waals surface area (Å²) in [5.74, 6) is 0.667. The Bertz CT molecular complexity index is 3130. The van der Waals surface area contributed by atoms with E-state index >= 15 is 0 Å². The van der Waals surface area contributed by atoms with Crippen molar-refractivity contribution in [3.8, 4) is 50.7 Å². The molecule has 0 bridgehead atoms. The SMILES string of the molecule is C1=CC(c2ccccc2)=NC(c2ccccc2)(c2cc(-c3ccc(-n4c5ccccc5c5ccccc54)cc3)cc(-c3cc(-c4ccccc4)nc(-c4ccccc4)n3)c2)N1. The summed E-state index contributed by atoms with van der Waals surface area (Å²) in [5.41, 5.74) is 13.2. The van der Waals surface area contributed by atoms with Gasteiger partial charge in [-0.1, -0.05) is 170 Å². The topological polar surface area (TPSA) is 55.1 Å². The fourth-order valence-electron chi connectivity index (χ4n) is 8.63. The molecule has 5 nitrogen and oxygen atoms in total. The standard InChI is InChI=1S/C56H39N5/c1-5-17-40(18-6-1)50-33-34-57-56(60-50,45-23-11-4-12-24-45)46-36-43(39-29-31-47(32-30-39)61-53-27-15-13-25-48(53)49-26-14-16-28-54(49)61)35-44(37-46)52-38-51(41-19-7-2-8-20-41)58-55(59-52)42-21-9-3-10-22-42/h1-38,57H. The van der Waals surface area contributed by atoms with E-state index in [0.29, 0.717) is 5.82 Å². The lowest BCUT2D eigenvalue weighted by atomic mass is 9.86. The first-order chi connectivity index (χ1) is 30.2. The predicted octanol–water partition coefficient (Wildman–Crippen LogP) is 13.0. The van der Waals surface area contributed by atoms with Crippen molar-refractivity contribution >= 4 is 27.5 Å². The van der Waals surface area contributed by atoms with Crippen molar-refractivity contribution in [3.63, 3.8) is 0 Å². The van der Waals surface area contributed by atoms with E-state index in [9.17, 15) is 0 Å². The molecule has 0 radical (unpaired) electrons. The minimum absolute atomic E-state index is 0.667. The van der Waals surface area contributed by atoms with Gasteiger partial charge in [0, 0.05) is 50.5 Å². The molecule has 1 atom stereocenters. The summed E-state index contributed by atoms with van der Waals surface area (Å²) in [6, 6.07) is 76.5. The third-order valence-corrected chi connectivity index (χ3v) is 11.6. The third kappa shape index (κ3) is 6.59. The van der Waals surface area contributed by atoms with E-state index in [1.807, 2.05) is 36.5 Å². The second kappa shape index (κ2) is 15.2. The molecule has 0 saturated carbocycles. The molecular weight excluding hydrogens is 743 g/mol. The van der Waals surface area contributed by atoms with Crippen LogP contribution in [0.25, 0.3) is 72.5 Å². The fourth-order valence-corrected chi connectivity index (χ4v) is 8.63. The van der Waals surface area contributed by atoms with Crippen molar-refractivity contribution in [3.05, 3.63) is 247 Å². The molecule has 10 aromatic rings. The van der Waals surface area contributed by atoms with Gasteiger partial charge in [0.25, 0.3) is 0 Å². The van der Waals surface area contributed by atoms with Crippen molar-refractivity contribution < 1.29 is 0 Å². The minimum Gasteiger partial charge on any atom is -0.360 e. The molecule has 1 N–H and O–H groups in total. The van der Waals surface area contributed by atoms with E-state index in [0.717, 1.165) is 67.3 Å². The number of aliphatic imine (C=N–C) groups is 1. The van der Waals surface area contributed by atoms with Crippen molar-refractivity contribution in [1.29, 1.82) is 0 Å². The molecule has 1 aliphatic heterocycles. The smallest absolute Gasteiger partial charge is 0.182 e. The van der Waals surface area contributed by atoms with E-state index < -0.39 is 5.66 Å². The van der Waals surface area contributed by atoms with Gasteiger partial charge in [-0.15, -0.1) is 0 Å². The van der Waals surface area contributed by atoms with Crippen LogP contribution in [0.4, 0.5) is 0 Å².